The fourth-order valence-corrected chi connectivity index (χ4v) is 4.94. The van der Waals surface area contributed by atoms with Gasteiger partial charge in [0.2, 0.25) is 0 Å². The molecule has 3 fully saturated rings. The Morgan fingerprint density at radius 3 is 2.47 bits per heavy atom. The molecule has 0 N–H and O–H groups in total. The first-order valence-corrected chi connectivity index (χ1v) is 6.49. The fourth-order valence-electron chi connectivity index (χ4n) is 4.94. The number of ketones is 2. The van der Waals surface area contributed by atoms with Crippen LogP contribution in [0.5, 0.6) is 0 Å². The van der Waals surface area contributed by atoms with E-state index < -0.39 is 0 Å². The maximum Gasteiger partial charge on any atom is 0.162 e. The van der Waals surface area contributed by atoms with Crippen LogP contribution in [-0.4, -0.2) is 24.8 Å². The summed E-state index contributed by atoms with van der Waals surface area (Å²) < 4.78 is 5.48. The van der Waals surface area contributed by atoms with E-state index in [9.17, 15) is 9.59 Å². The van der Waals surface area contributed by atoms with E-state index in [0.717, 1.165) is 12.8 Å². The highest BCUT2D eigenvalue weighted by atomic mass is 16.5. The standard InChI is InChI=1S/C14H20O3/c1-13(2)6-9-10(15)4-8-5-11(16)12(17-3)14(8,9)7-13/h8-9,12H,4-7H2,1-3H3/t8-,9+,12?,14+/m1/s1. The number of methoxy groups -OCH3 is 1. The smallest absolute Gasteiger partial charge is 0.162 e. The monoisotopic (exact) mass is 236 g/mol. The van der Waals surface area contributed by atoms with Crippen molar-refractivity contribution in [3.05, 3.63) is 0 Å². The second-order valence-electron chi connectivity index (χ2n) is 6.86. The van der Waals surface area contributed by atoms with E-state index in [1.165, 1.54) is 0 Å². The van der Waals surface area contributed by atoms with Crippen molar-refractivity contribution >= 4 is 11.6 Å². The van der Waals surface area contributed by atoms with Gasteiger partial charge in [0.15, 0.2) is 5.78 Å². The van der Waals surface area contributed by atoms with Crippen molar-refractivity contribution in [3.63, 3.8) is 0 Å². The van der Waals surface area contributed by atoms with Gasteiger partial charge in [-0.2, -0.15) is 0 Å². The molecule has 94 valence electrons. The molecule has 0 aromatic heterocycles. The van der Waals surface area contributed by atoms with Gasteiger partial charge in [-0.3, -0.25) is 9.59 Å². The summed E-state index contributed by atoms with van der Waals surface area (Å²) >= 11 is 0. The minimum Gasteiger partial charge on any atom is -0.373 e. The van der Waals surface area contributed by atoms with E-state index in [1.807, 2.05) is 0 Å². The predicted molar refractivity (Wildman–Crippen MR) is 62.5 cm³/mol. The van der Waals surface area contributed by atoms with E-state index in [-0.39, 0.29) is 34.6 Å². The Labute approximate surface area is 102 Å². The molecule has 3 aliphatic carbocycles. The average Bonchev–Trinajstić information content (AvgIpc) is 2.70. The maximum atomic E-state index is 12.2. The summed E-state index contributed by atoms with van der Waals surface area (Å²) in [6, 6.07) is 0. The Kier molecular flexibility index (Phi) is 2.14. The zero-order valence-electron chi connectivity index (χ0n) is 10.8. The molecule has 0 bridgehead atoms. The lowest BCUT2D eigenvalue weighted by Gasteiger charge is -2.34. The molecule has 17 heavy (non-hydrogen) atoms. The van der Waals surface area contributed by atoms with Crippen molar-refractivity contribution in [2.45, 2.75) is 45.6 Å². The summed E-state index contributed by atoms with van der Waals surface area (Å²) in [6.45, 7) is 4.42. The predicted octanol–water partition coefficient (Wildman–Crippen LogP) is 1.99. The molecule has 0 heterocycles. The van der Waals surface area contributed by atoms with Gasteiger partial charge in [0.05, 0.1) is 0 Å². The normalized spacial score (nSPS) is 47.4. The van der Waals surface area contributed by atoms with Crippen LogP contribution in [0.2, 0.25) is 0 Å². The molecule has 0 aromatic rings. The number of ether oxygens (including phenoxy) is 1. The molecule has 0 saturated heterocycles. The molecule has 0 aromatic carbocycles. The van der Waals surface area contributed by atoms with Crippen molar-refractivity contribution < 1.29 is 14.3 Å². The third kappa shape index (κ3) is 1.26. The molecule has 1 unspecified atom stereocenters. The van der Waals surface area contributed by atoms with Crippen molar-refractivity contribution in [2.75, 3.05) is 7.11 Å². The van der Waals surface area contributed by atoms with Gasteiger partial charge in [0.25, 0.3) is 0 Å². The van der Waals surface area contributed by atoms with Gasteiger partial charge < -0.3 is 4.74 Å². The van der Waals surface area contributed by atoms with Gasteiger partial charge in [-0.05, 0) is 24.2 Å². The number of carbonyl (C=O) groups excluding carboxylic acids is 2. The molecule has 0 amide bonds. The van der Waals surface area contributed by atoms with Crippen LogP contribution in [0.1, 0.15) is 39.5 Å². The topological polar surface area (TPSA) is 43.4 Å². The largest absolute Gasteiger partial charge is 0.373 e. The lowest BCUT2D eigenvalue weighted by atomic mass is 9.72. The Morgan fingerprint density at radius 2 is 1.82 bits per heavy atom. The van der Waals surface area contributed by atoms with E-state index in [0.29, 0.717) is 18.6 Å². The maximum absolute atomic E-state index is 12.2. The quantitative estimate of drug-likeness (QED) is 0.699. The summed E-state index contributed by atoms with van der Waals surface area (Å²) in [6.07, 6.45) is 2.72. The van der Waals surface area contributed by atoms with E-state index in [4.69, 9.17) is 4.74 Å². The third-order valence-corrected chi connectivity index (χ3v) is 5.25. The first-order chi connectivity index (χ1) is 7.90. The number of rotatable bonds is 1. The van der Waals surface area contributed by atoms with Crippen molar-refractivity contribution in [2.24, 2.45) is 22.7 Å². The van der Waals surface area contributed by atoms with Crippen LogP contribution in [0.3, 0.4) is 0 Å². The highest BCUT2D eigenvalue weighted by Gasteiger charge is 2.69. The summed E-state index contributed by atoms with van der Waals surface area (Å²) in [5, 5.41) is 0. The third-order valence-electron chi connectivity index (χ3n) is 5.25. The molecule has 0 aliphatic heterocycles. The molecule has 3 rings (SSSR count). The second kappa shape index (κ2) is 3.19. The summed E-state index contributed by atoms with van der Waals surface area (Å²) in [4.78, 5) is 24.2. The molecule has 3 nitrogen and oxygen atoms in total. The van der Waals surface area contributed by atoms with Gasteiger partial charge >= 0.3 is 0 Å². The Bertz CT molecular complexity index is 398. The van der Waals surface area contributed by atoms with Crippen molar-refractivity contribution in [1.82, 2.24) is 0 Å². The van der Waals surface area contributed by atoms with Gasteiger partial charge in [0, 0.05) is 31.3 Å². The van der Waals surface area contributed by atoms with Crippen LogP contribution >= 0.6 is 0 Å². The molecule has 3 saturated carbocycles. The minimum absolute atomic E-state index is 0.0684. The van der Waals surface area contributed by atoms with Crippen LogP contribution in [-0.2, 0) is 14.3 Å². The lowest BCUT2D eigenvalue weighted by molar-refractivity contribution is -0.133. The van der Waals surface area contributed by atoms with E-state index in [2.05, 4.69) is 13.8 Å². The van der Waals surface area contributed by atoms with Gasteiger partial charge in [-0.25, -0.2) is 0 Å². The van der Waals surface area contributed by atoms with Crippen LogP contribution in [0, 0.1) is 22.7 Å². The average molecular weight is 236 g/mol. The SMILES string of the molecule is COC1C(=O)C[C@H]2CC(=O)[C@@H]3CC(C)(C)C[C@]123. The van der Waals surface area contributed by atoms with Crippen LogP contribution in [0.4, 0.5) is 0 Å². The molecule has 1 spiro atoms. The Hall–Kier alpha value is -0.700. The minimum atomic E-state index is -0.328. The number of hydrogen-bond acceptors (Lipinski definition) is 3. The number of carbonyl (C=O) groups is 2. The molecular weight excluding hydrogens is 216 g/mol. The van der Waals surface area contributed by atoms with Crippen molar-refractivity contribution in [3.8, 4) is 0 Å². The first-order valence-electron chi connectivity index (χ1n) is 6.49. The first kappa shape index (κ1) is 11.4. The zero-order valence-corrected chi connectivity index (χ0v) is 10.8. The Balaban J connectivity index is 2.08. The van der Waals surface area contributed by atoms with Crippen LogP contribution in [0.15, 0.2) is 0 Å². The highest BCUT2D eigenvalue weighted by Crippen LogP contribution is 2.67. The lowest BCUT2D eigenvalue weighted by Crippen LogP contribution is -2.40. The van der Waals surface area contributed by atoms with Crippen LogP contribution in [0.25, 0.3) is 0 Å². The Morgan fingerprint density at radius 1 is 1.18 bits per heavy atom. The molecule has 3 heteroatoms. The summed E-state index contributed by atoms with van der Waals surface area (Å²) in [5.74, 6) is 0.904. The molecule has 0 radical (unpaired) electrons. The summed E-state index contributed by atoms with van der Waals surface area (Å²) in [7, 11) is 1.62. The van der Waals surface area contributed by atoms with Gasteiger partial charge in [-0.1, -0.05) is 13.8 Å². The van der Waals surface area contributed by atoms with Gasteiger partial charge in [0.1, 0.15) is 11.9 Å². The second-order valence-corrected chi connectivity index (χ2v) is 6.86. The van der Waals surface area contributed by atoms with Gasteiger partial charge in [-0.15, -0.1) is 0 Å². The van der Waals surface area contributed by atoms with E-state index >= 15 is 0 Å². The van der Waals surface area contributed by atoms with E-state index in [1.54, 1.807) is 7.11 Å². The molecular formula is C14H20O3. The number of Topliss-reactive ketones (excluding diaryl/α,β-unsaturated/α-hetero) is 2. The molecule has 4 atom stereocenters. The fraction of sp³-hybridized carbons (Fsp3) is 0.857. The number of hydrogen-bond donors (Lipinski definition) is 0. The van der Waals surface area contributed by atoms with Crippen LogP contribution < -0.4 is 0 Å². The highest BCUT2D eigenvalue weighted by molar-refractivity contribution is 5.94. The van der Waals surface area contributed by atoms with Crippen molar-refractivity contribution in [1.29, 1.82) is 0 Å². The molecule has 3 aliphatic rings. The summed E-state index contributed by atoms with van der Waals surface area (Å²) in [5.41, 5.74) is 0.00676. The zero-order chi connectivity index (χ0) is 12.4.